The molecule has 0 spiro atoms. The van der Waals surface area contributed by atoms with Gasteiger partial charge in [0.25, 0.3) is 0 Å². The maximum absolute atomic E-state index is 11.0. The van der Waals surface area contributed by atoms with E-state index in [9.17, 15) is 4.79 Å². The van der Waals surface area contributed by atoms with Gasteiger partial charge in [0.15, 0.2) is 0 Å². The van der Waals surface area contributed by atoms with Crippen molar-refractivity contribution in [1.29, 1.82) is 0 Å². The van der Waals surface area contributed by atoms with Crippen molar-refractivity contribution in [3.63, 3.8) is 0 Å². The summed E-state index contributed by atoms with van der Waals surface area (Å²) in [4.78, 5) is 12.1. The lowest BCUT2D eigenvalue weighted by Gasteiger charge is -2.12. The van der Waals surface area contributed by atoms with Crippen molar-refractivity contribution in [2.75, 3.05) is 5.88 Å². The molecule has 0 saturated carbocycles. The van der Waals surface area contributed by atoms with Crippen LogP contribution in [0.2, 0.25) is 0 Å². The van der Waals surface area contributed by atoms with Gasteiger partial charge in [0.2, 0.25) is 5.91 Å². The zero-order valence-electron chi connectivity index (χ0n) is 6.99. The maximum atomic E-state index is 11.0. The van der Waals surface area contributed by atoms with Crippen molar-refractivity contribution < 1.29 is 4.79 Å². The smallest absolute Gasteiger partial charge is 0.245 e. The summed E-state index contributed by atoms with van der Waals surface area (Å²) >= 11 is 1.65. The van der Waals surface area contributed by atoms with Crippen molar-refractivity contribution in [3.8, 4) is 0 Å². The van der Waals surface area contributed by atoms with E-state index in [2.05, 4.69) is 5.32 Å². The van der Waals surface area contributed by atoms with Crippen LogP contribution in [0.3, 0.4) is 0 Å². The van der Waals surface area contributed by atoms with Crippen molar-refractivity contribution in [2.45, 2.75) is 0 Å². The van der Waals surface area contributed by atoms with E-state index in [1.807, 2.05) is 30.3 Å². The molecule has 1 heterocycles. The maximum Gasteiger partial charge on any atom is 0.245 e. The lowest BCUT2D eigenvalue weighted by molar-refractivity contribution is -0.116. The molecule has 1 amide bonds. The monoisotopic (exact) mass is 191 g/mol. The van der Waals surface area contributed by atoms with Crippen LogP contribution in [0.5, 0.6) is 0 Å². The molecule has 0 aliphatic carbocycles. The Bertz CT molecular complexity index is 345. The Balaban J connectivity index is 2.31. The van der Waals surface area contributed by atoms with E-state index in [1.165, 1.54) is 0 Å². The summed E-state index contributed by atoms with van der Waals surface area (Å²) in [7, 11) is 0. The molecule has 0 atom stereocenters. The van der Waals surface area contributed by atoms with E-state index in [1.54, 1.807) is 17.8 Å². The third-order valence-corrected chi connectivity index (χ3v) is 2.75. The highest BCUT2D eigenvalue weighted by Crippen LogP contribution is 2.28. The van der Waals surface area contributed by atoms with Gasteiger partial charge < -0.3 is 5.32 Å². The molecule has 1 aliphatic rings. The number of carbonyl (C=O) groups excluding carboxylic acids is 1. The van der Waals surface area contributed by atoms with Crippen LogP contribution in [-0.4, -0.2) is 11.8 Å². The molecule has 0 saturated heterocycles. The van der Waals surface area contributed by atoms with Crippen LogP contribution in [-0.2, 0) is 4.79 Å². The largest absolute Gasteiger partial charge is 0.343 e. The highest BCUT2D eigenvalue weighted by Gasteiger charge is 2.10. The molecule has 2 rings (SSSR count). The fourth-order valence-electron chi connectivity index (χ4n) is 1.17. The second-order valence-electron chi connectivity index (χ2n) is 2.70. The predicted octanol–water partition coefficient (Wildman–Crippen LogP) is 1.85. The van der Waals surface area contributed by atoms with Gasteiger partial charge in [-0.2, -0.15) is 0 Å². The molecule has 66 valence electrons. The Morgan fingerprint density at radius 3 is 2.69 bits per heavy atom. The summed E-state index contributed by atoms with van der Waals surface area (Å²) in [6.45, 7) is 0. The van der Waals surface area contributed by atoms with Crippen LogP contribution >= 0.6 is 11.8 Å². The molecule has 2 nitrogen and oxygen atoms in total. The van der Waals surface area contributed by atoms with E-state index in [0.29, 0.717) is 5.88 Å². The van der Waals surface area contributed by atoms with Crippen LogP contribution in [0.15, 0.2) is 36.4 Å². The molecule has 1 aliphatic heterocycles. The van der Waals surface area contributed by atoms with Crippen LogP contribution in [0.4, 0.5) is 0 Å². The number of carbonyl (C=O) groups is 1. The number of thioether (sulfide) groups is 1. The summed E-state index contributed by atoms with van der Waals surface area (Å²) in [6, 6.07) is 9.94. The molecule has 0 unspecified atom stereocenters. The van der Waals surface area contributed by atoms with Gasteiger partial charge in [0.05, 0.1) is 5.88 Å². The number of nitrogens with one attached hydrogen (secondary N) is 1. The second-order valence-corrected chi connectivity index (χ2v) is 3.72. The number of hydrogen-bond donors (Lipinski definition) is 1. The quantitative estimate of drug-likeness (QED) is 0.734. The summed E-state index contributed by atoms with van der Waals surface area (Å²) in [5.41, 5.74) is 1.11. The van der Waals surface area contributed by atoms with E-state index in [0.717, 1.165) is 10.5 Å². The van der Waals surface area contributed by atoms with E-state index in [4.69, 9.17) is 0 Å². The van der Waals surface area contributed by atoms with Gasteiger partial charge >= 0.3 is 0 Å². The van der Waals surface area contributed by atoms with Crippen molar-refractivity contribution in [1.82, 2.24) is 5.32 Å². The minimum absolute atomic E-state index is 0.00222. The standard InChI is InChI=1S/C10H9NOS/c12-10-6-9(13-7-11-10)8-4-2-1-3-5-8/h1-6H,7H2,(H,11,12). The average molecular weight is 191 g/mol. The lowest BCUT2D eigenvalue weighted by atomic mass is 10.2. The average Bonchev–Trinajstić information content (AvgIpc) is 2.19. The van der Waals surface area contributed by atoms with Gasteiger partial charge in [0, 0.05) is 11.0 Å². The molecule has 0 bridgehead atoms. The third-order valence-electron chi connectivity index (χ3n) is 1.79. The van der Waals surface area contributed by atoms with E-state index >= 15 is 0 Å². The molecule has 0 fully saturated rings. The molecule has 0 radical (unpaired) electrons. The van der Waals surface area contributed by atoms with Gasteiger partial charge in [-0.25, -0.2) is 0 Å². The minimum Gasteiger partial charge on any atom is -0.343 e. The number of rotatable bonds is 1. The lowest BCUT2D eigenvalue weighted by Crippen LogP contribution is -2.23. The summed E-state index contributed by atoms with van der Waals surface area (Å²) < 4.78 is 0. The Morgan fingerprint density at radius 1 is 1.23 bits per heavy atom. The Morgan fingerprint density at radius 2 is 2.00 bits per heavy atom. The number of benzene rings is 1. The summed E-state index contributed by atoms with van der Waals surface area (Å²) in [5.74, 6) is 0.664. The van der Waals surface area contributed by atoms with Gasteiger partial charge in [-0.3, -0.25) is 4.79 Å². The first-order chi connectivity index (χ1) is 6.36. The van der Waals surface area contributed by atoms with Crippen molar-refractivity contribution >= 4 is 22.6 Å². The molecule has 0 aromatic heterocycles. The summed E-state index contributed by atoms with van der Waals surface area (Å²) in [6.07, 6.45) is 1.64. The second kappa shape index (κ2) is 3.66. The number of hydrogen-bond acceptors (Lipinski definition) is 2. The SMILES string of the molecule is O=C1C=C(c2ccccc2)SCN1. The number of amides is 1. The first-order valence-electron chi connectivity index (χ1n) is 4.04. The van der Waals surface area contributed by atoms with Gasteiger partial charge in [-0.15, -0.1) is 11.8 Å². The Labute approximate surface area is 81.0 Å². The Kier molecular flexibility index (Phi) is 2.36. The Hall–Kier alpha value is -1.22. The highest BCUT2D eigenvalue weighted by molar-refractivity contribution is 8.08. The first kappa shape index (κ1) is 8.38. The van der Waals surface area contributed by atoms with E-state index in [-0.39, 0.29) is 5.91 Å². The van der Waals surface area contributed by atoms with Crippen LogP contribution in [0.1, 0.15) is 5.56 Å². The van der Waals surface area contributed by atoms with Gasteiger partial charge in [0.1, 0.15) is 0 Å². The fraction of sp³-hybridized carbons (Fsp3) is 0.100. The van der Waals surface area contributed by atoms with Crippen LogP contribution < -0.4 is 5.32 Å². The molecular formula is C10H9NOS. The van der Waals surface area contributed by atoms with Crippen molar-refractivity contribution in [3.05, 3.63) is 42.0 Å². The molecule has 3 heteroatoms. The molecule has 1 aromatic carbocycles. The fourth-order valence-corrected chi connectivity index (χ4v) is 2.03. The molecule has 13 heavy (non-hydrogen) atoms. The van der Waals surface area contributed by atoms with Crippen molar-refractivity contribution in [2.24, 2.45) is 0 Å². The van der Waals surface area contributed by atoms with Gasteiger partial charge in [-0.1, -0.05) is 30.3 Å². The summed E-state index contributed by atoms with van der Waals surface area (Å²) in [5, 5.41) is 2.73. The zero-order chi connectivity index (χ0) is 9.10. The van der Waals surface area contributed by atoms with Crippen LogP contribution in [0.25, 0.3) is 4.91 Å². The highest BCUT2D eigenvalue weighted by atomic mass is 32.2. The third kappa shape index (κ3) is 1.92. The van der Waals surface area contributed by atoms with Crippen LogP contribution in [0, 0.1) is 0 Å². The topological polar surface area (TPSA) is 29.1 Å². The normalized spacial score (nSPS) is 16.3. The molecular weight excluding hydrogens is 182 g/mol. The zero-order valence-corrected chi connectivity index (χ0v) is 7.80. The minimum atomic E-state index is -0.00222. The first-order valence-corrected chi connectivity index (χ1v) is 5.02. The molecule has 1 aromatic rings. The molecule has 1 N–H and O–H groups in total. The van der Waals surface area contributed by atoms with Gasteiger partial charge in [-0.05, 0) is 5.56 Å². The predicted molar refractivity (Wildman–Crippen MR) is 55.0 cm³/mol. The van der Waals surface area contributed by atoms with E-state index < -0.39 is 0 Å².